The molecule has 0 bridgehead atoms. The van der Waals surface area contributed by atoms with E-state index in [1.807, 2.05) is 0 Å². The van der Waals surface area contributed by atoms with Gasteiger partial charge in [0, 0.05) is 19.3 Å². The Morgan fingerprint density at radius 2 is 2.33 bits per heavy atom. The number of amides is 1. The molecule has 0 aromatic heterocycles. The topological polar surface area (TPSA) is 47.6 Å². The smallest absolute Gasteiger partial charge is 0.270 e. The lowest BCUT2D eigenvalue weighted by molar-refractivity contribution is -0.132. The number of hydroxylamine groups is 1. The van der Waals surface area contributed by atoms with Gasteiger partial charge < -0.3 is 4.74 Å². The number of carbonyl (C=O) groups excluding carboxylic acids is 1. The van der Waals surface area contributed by atoms with Crippen LogP contribution in [0.4, 0.5) is 0 Å². The van der Waals surface area contributed by atoms with E-state index in [0.717, 1.165) is 25.7 Å². The van der Waals surface area contributed by atoms with Gasteiger partial charge in [-0.3, -0.25) is 4.79 Å². The van der Waals surface area contributed by atoms with Gasteiger partial charge in [-0.05, 0) is 19.3 Å². The quantitative estimate of drug-likeness (QED) is 0.330. The second kappa shape index (κ2) is 7.57. The maximum Gasteiger partial charge on any atom is 0.270 e. The van der Waals surface area contributed by atoms with E-state index >= 15 is 0 Å². The van der Waals surface area contributed by atoms with Crippen LogP contribution in [0, 0.1) is 11.8 Å². The van der Waals surface area contributed by atoms with Crippen molar-refractivity contribution in [3.8, 4) is 11.8 Å². The zero-order chi connectivity index (χ0) is 10.9. The predicted octanol–water partition coefficient (Wildman–Crippen LogP) is 1.23. The van der Waals surface area contributed by atoms with Crippen molar-refractivity contribution in [2.75, 3.05) is 6.61 Å². The number of rotatable bonds is 4. The Balaban J connectivity index is 2.26. The Bertz CT molecular complexity index is 259. The Morgan fingerprint density at radius 1 is 1.47 bits per heavy atom. The van der Waals surface area contributed by atoms with E-state index in [0.29, 0.717) is 0 Å². The van der Waals surface area contributed by atoms with E-state index < -0.39 is 0 Å². The number of hydrogen-bond acceptors (Lipinski definition) is 4. The van der Waals surface area contributed by atoms with Gasteiger partial charge in [0.25, 0.3) is 5.91 Å². The summed E-state index contributed by atoms with van der Waals surface area (Å²) in [6.45, 7) is -0.0418. The van der Waals surface area contributed by atoms with Crippen molar-refractivity contribution in [1.29, 1.82) is 0 Å². The second-order valence-corrected chi connectivity index (χ2v) is 3.52. The lowest BCUT2D eigenvalue weighted by Crippen LogP contribution is -2.27. The van der Waals surface area contributed by atoms with Crippen molar-refractivity contribution in [2.24, 2.45) is 0 Å². The zero-order valence-corrected chi connectivity index (χ0v) is 9.39. The van der Waals surface area contributed by atoms with Gasteiger partial charge in [-0.1, -0.05) is 12.3 Å². The third kappa shape index (κ3) is 5.67. The van der Waals surface area contributed by atoms with Gasteiger partial charge in [-0.2, -0.15) is 0 Å². The molecule has 5 heteroatoms. The van der Waals surface area contributed by atoms with E-state index in [-0.39, 0.29) is 18.6 Å². The summed E-state index contributed by atoms with van der Waals surface area (Å²) in [5, 5.41) is 0. The molecule has 1 amide bonds. The summed E-state index contributed by atoms with van der Waals surface area (Å²) in [7, 11) is 0. The van der Waals surface area contributed by atoms with Crippen LogP contribution in [0.15, 0.2) is 0 Å². The van der Waals surface area contributed by atoms with Crippen LogP contribution < -0.4 is 5.48 Å². The molecule has 1 rings (SSSR count). The van der Waals surface area contributed by atoms with Gasteiger partial charge in [-0.15, -0.1) is 5.92 Å². The Labute approximate surface area is 95.3 Å². The highest BCUT2D eigenvalue weighted by atomic mass is 32.1. The van der Waals surface area contributed by atoms with Gasteiger partial charge in [0.1, 0.15) is 12.7 Å². The average molecular weight is 229 g/mol. The molecule has 1 atom stereocenters. The molecule has 84 valence electrons. The van der Waals surface area contributed by atoms with Crippen LogP contribution in [-0.4, -0.2) is 18.6 Å². The van der Waals surface area contributed by atoms with Gasteiger partial charge in [0.2, 0.25) is 0 Å². The molecule has 0 aromatic carbocycles. The number of nitrogens with one attached hydrogen (secondary N) is 1. The van der Waals surface area contributed by atoms with Crippen molar-refractivity contribution in [3.05, 3.63) is 0 Å². The maximum atomic E-state index is 11.0. The molecular weight excluding hydrogens is 214 g/mol. The highest BCUT2D eigenvalue weighted by Gasteiger charge is 2.09. The summed E-state index contributed by atoms with van der Waals surface area (Å²) in [6.07, 6.45) is 5.13. The fraction of sp³-hybridized carbons (Fsp3) is 0.700. The minimum atomic E-state index is -0.353. The van der Waals surface area contributed by atoms with Crippen molar-refractivity contribution in [3.63, 3.8) is 0 Å². The van der Waals surface area contributed by atoms with Crippen LogP contribution >= 0.6 is 12.9 Å². The Kier molecular flexibility index (Phi) is 6.25. The fourth-order valence-corrected chi connectivity index (χ4v) is 1.46. The van der Waals surface area contributed by atoms with E-state index in [4.69, 9.17) is 4.74 Å². The van der Waals surface area contributed by atoms with E-state index in [2.05, 4.69) is 34.5 Å². The molecule has 4 nitrogen and oxygen atoms in total. The summed E-state index contributed by atoms with van der Waals surface area (Å²) in [5.74, 6) is 5.69. The monoisotopic (exact) mass is 229 g/mol. The zero-order valence-electron chi connectivity index (χ0n) is 8.49. The molecule has 1 unspecified atom stereocenters. The highest BCUT2D eigenvalue weighted by molar-refractivity contribution is 7.75. The predicted molar refractivity (Wildman–Crippen MR) is 58.8 cm³/mol. The molecule has 1 aliphatic carbocycles. The lowest BCUT2D eigenvalue weighted by atomic mass is 10.1. The largest absolute Gasteiger partial charge is 0.356 e. The molecule has 0 fully saturated rings. The van der Waals surface area contributed by atoms with Gasteiger partial charge >= 0.3 is 0 Å². The first-order valence-corrected chi connectivity index (χ1v) is 5.38. The standard InChI is InChI=1S/C10H15NO3S/c12-10(11-14-15)8-13-9-6-4-2-1-3-5-7-9/h9,15H,1-4,6,8H2,(H,11,12). The van der Waals surface area contributed by atoms with Gasteiger partial charge in [0.05, 0.1) is 0 Å². The van der Waals surface area contributed by atoms with Crippen LogP contribution in [0.5, 0.6) is 0 Å². The number of ether oxygens (including phenoxy) is 1. The minimum Gasteiger partial charge on any atom is -0.356 e. The molecule has 1 aliphatic rings. The molecule has 0 aromatic rings. The maximum absolute atomic E-state index is 11.0. The van der Waals surface area contributed by atoms with Crippen molar-refractivity contribution in [1.82, 2.24) is 5.48 Å². The van der Waals surface area contributed by atoms with Crippen molar-refractivity contribution < 1.29 is 13.8 Å². The van der Waals surface area contributed by atoms with Gasteiger partial charge in [-0.25, -0.2) is 9.76 Å². The summed E-state index contributed by atoms with van der Waals surface area (Å²) < 4.78 is 9.50. The average Bonchev–Trinajstić information content (AvgIpc) is 2.16. The summed E-state index contributed by atoms with van der Waals surface area (Å²) in [6, 6.07) is 0. The van der Waals surface area contributed by atoms with Crippen molar-refractivity contribution in [2.45, 2.75) is 38.2 Å². The molecular formula is C10H15NO3S. The third-order valence-corrected chi connectivity index (χ3v) is 2.20. The third-order valence-electron chi connectivity index (χ3n) is 2.11. The van der Waals surface area contributed by atoms with Crippen LogP contribution in [0.25, 0.3) is 0 Å². The molecule has 0 aliphatic heterocycles. The Morgan fingerprint density at radius 3 is 3.13 bits per heavy atom. The molecule has 0 saturated heterocycles. The van der Waals surface area contributed by atoms with Crippen molar-refractivity contribution >= 4 is 18.8 Å². The number of carbonyl (C=O) groups is 1. The van der Waals surface area contributed by atoms with Crippen LogP contribution in [0.2, 0.25) is 0 Å². The molecule has 0 saturated carbocycles. The summed E-state index contributed by atoms with van der Waals surface area (Å²) in [5.41, 5.74) is 2.07. The van der Waals surface area contributed by atoms with Crippen LogP contribution in [-0.2, 0) is 13.8 Å². The molecule has 15 heavy (non-hydrogen) atoms. The lowest BCUT2D eigenvalue weighted by Gasteiger charge is -2.12. The van der Waals surface area contributed by atoms with E-state index in [9.17, 15) is 4.79 Å². The molecule has 0 spiro atoms. The Hall–Kier alpha value is -0.700. The minimum absolute atomic E-state index is 0.0418. The van der Waals surface area contributed by atoms with E-state index in [1.54, 1.807) is 0 Å². The van der Waals surface area contributed by atoms with Crippen LogP contribution in [0.1, 0.15) is 32.1 Å². The molecule has 0 heterocycles. The highest BCUT2D eigenvalue weighted by Crippen LogP contribution is 2.10. The van der Waals surface area contributed by atoms with Gasteiger partial charge in [0.15, 0.2) is 0 Å². The second-order valence-electron chi connectivity index (χ2n) is 3.34. The van der Waals surface area contributed by atoms with E-state index in [1.165, 1.54) is 6.42 Å². The first-order valence-electron chi connectivity index (χ1n) is 5.02. The SMILES string of the molecule is O=C(COC1C#CCCCCC1)NOS. The fourth-order valence-electron chi connectivity index (χ4n) is 1.36. The first-order chi connectivity index (χ1) is 7.33. The molecule has 0 radical (unpaired) electrons. The summed E-state index contributed by atoms with van der Waals surface area (Å²) >= 11 is 3.40. The molecule has 1 N–H and O–H groups in total. The van der Waals surface area contributed by atoms with Crippen LogP contribution in [0.3, 0.4) is 0 Å². The number of thiol groups is 1. The first kappa shape index (κ1) is 12.4. The number of hydrogen-bond donors (Lipinski definition) is 2. The normalized spacial score (nSPS) is 20.7. The summed E-state index contributed by atoms with van der Waals surface area (Å²) in [4.78, 5) is 11.0.